The Morgan fingerprint density at radius 2 is 1.71 bits per heavy atom. The topological polar surface area (TPSA) is 90.0 Å². The van der Waals surface area contributed by atoms with Crippen molar-refractivity contribution in [2.45, 2.75) is 76.8 Å². The molecule has 3 aliphatic heterocycles. The van der Waals surface area contributed by atoms with Gasteiger partial charge in [0, 0.05) is 38.0 Å². The summed E-state index contributed by atoms with van der Waals surface area (Å²) in [5, 5.41) is 2.96. The Bertz CT molecular complexity index is 812. The smallest absolute Gasteiger partial charge is 0.325 e. The molecule has 1 N–H and O–H groups in total. The van der Waals surface area contributed by atoms with Crippen LogP contribution in [0, 0.1) is 17.3 Å². The predicted octanol–water partition coefficient (Wildman–Crippen LogP) is 1.74. The van der Waals surface area contributed by atoms with Crippen molar-refractivity contribution in [3.8, 4) is 0 Å². The summed E-state index contributed by atoms with van der Waals surface area (Å²) in [7, 11) is 0. The molecule has 8 heteroatoms. The Labute approximate surface area is 183 Å². The van der Waals surface area contributed by atoms with Crippen LogP contribution in [0.3, 0.4) is 0 Å². The highest BCUT2D eigenvalue weighted by atomic mass is 16.2. The molecule has 5 fully saturated rings. The van der Waals surface area contributed by atoms with Gasteiger partial charge in [-0.15, -0.1) is 0 Å². The molecule has 2 aliphatic carbocycles. The first-order valence-corrected chi connectivity index (χ1v) is 12.0. The quantitative estimate of drug-likeness (QED) is 0.691. The van der Waals surface area contributed by atoms with E-state index in [0.717, 1.165) is 25.8 Å². The van der Waals surface area contributed by atoms with Crippen molar-refractivity contribution in [1.82, 2.24) is 20.0 Å². The summed E-state index contributed by atoms with van der Waals surface area (Å²) in [6.45, 7) is 5.90. The van der Waals surface area contributed by atoms with Crippen LogP contribution in [0.2, 0.25) is 0 Å². The van der Waals surface area contributed by atoms with Gasteiger partial charge in [-0.05, 0) is 50.4 Å². The number of hydrogen-bond donors (Lipinski definition) is 1. The van der Waals surface area contributed by atoms with Crippen molar-refractivity contribution in [3.63, 3.8) is 0 Å². The normalized spacial score (nSPS) is 31.3. The van der Waals surface area contributed by atoms with Crippen LogP contribution in [0.15, 0.2) is 0 Å². The number of amides is 5. The fourth-order valence-electron chi connectivity index (χ4n) is 6.25. The lowest BCUT2D eigenvalue weighted by molar-refractivity contribution is -0.142. The lowest BCUT2D eigenvalue weighted by Crippen LogP contribution is -2.57. The molecule has 0 aromatic rings. The van der Waals surface area contributed by atoms with Crippen molar-refractivity contribution in [1.29, 1.82) is 0 Å². The minimum atomic E-state index is -0.899. The predicted molar refractivity (Wildman–Crippen MR) is 113 cm³/mol. The molecule has 0 bridgehead atoms. The second-order valence-corrected chi connectivity index (χ2v) is 10.7. The van der Waals surface area contributed by atoms with Crippen LogP contribution in [0.4, 0.5) is 4.79 Å². The van der Waals surface area contributed by atoms with Crippen LogP contribution in [0.25, 0.3) is 0 Å². The molecular formula is C23H34N4O4. The lowest BCUT2D eigenvalue weighted by Gasteiger charge is -2.39. The number of nitrogens with zero attached hydrogens (tertiary/aromatic N) is 3. The van der Waals surface area contributed by atoms with Crippen molar-refractivity contribution >= 4 is 23.8 Å². The molecule has 31 heavy (non-hydrogen) atoms. The van der Waals surface area contributed by atoms with Crippen molar-refractivity contribution < 1.29 is 19.2 Å². The van der Waals surface area contributed by atoms with Crippen LogP contribution in [0.1, 0.15) is 65.2 Å². The molecule has 5 rings (SSSR count). The zero-order chi connectivity index (χ0) is 22.0. The molecule has 5 amide bonds. The number of nitrogens with one attached hydrogen (secondary N) is 1. The van der Waals surface area contributed by atoms with Crippen LogP contribution in [0.5, 0.6) is 0 Å². The van der Waals surface area contributed by atoms with Gasteiger partial charge >= 0.3 is 6.03 Å². The number of carbonyl (C=O) groups excluding carboxylic acids is 4. The van der Waals surface area contributed by atoms with E-state index in [9.17, 15) is 19.2 Å². The number of hydrogen-bond acceptors (Lipinski definition) is 4. The minimum absolute atomic E-state index is 0.0734. The van der Waals surface area contributed by atoms with E-state index >= 15 is 0 Å². The Balaban J connectivity index is 1.23. The highest BCUT2D eigenvalue weighted by Crippen LogP contribution is 2.66. The summed E-state index contributed by atoms with van der Waals surface area (Å²) < 4.78 is 0. The molecule has 170 valence electrons. The summed E-state index contributed by atoms with van der Waals surface area (Å²) in [6, 6.07) is -0.592. The van der Waals surface area contributed by atoms with Crippen molar-refractivity contribution in [2.24, 2.45) is 17.3 Å². The zero-order valence-corrected chi connectivity index (χ0v) is 18.7. The van der Waals surface area contributed by atoms with E-state index in [-0.39, 0.29) is 47.0 Å². The number of urea groups is 1. The molecule has 2 spiro atoms. The van der Waals surface area contributed by atoms with Gasteiger partial charge in [0.2, 0.25) is 11.8 Å². The van der Waals surface area contributed by atoms with E-state index in [1.807, 2.05) is 18.7 Å². The summed E-state index contributed by atoms with van der Waals surface area (Å²) >= 11 is 0. The second-order valence-electron chi connectivity index (χ2n) is 10.7. The molecule has 3 saturated heterocycles. The maximum atomic E-state index is 13.4. The number of piperidine rings is 2. The number of imide groups is 1. The van der Waals surface area contributed by atoms with E-state index < -0.39 is 5.54 Å². The Morgan fingerprint density at radius 1 is 1.00 bits per heavy atom. The molecule has 0 aromatic heterocycles. The first-order valence-electron chi connectivity index (χ1n) is 12.0. The van der Waals surface area contributed by atoms with Crippen molar-refractivity contribution in [2.75, 3.05) is 26.2 Å². The summed E-state index contributed by atoms with van der Waals surface area (Å²) in [5.41, 5.74) is -0.611. The molecule has 2 saturated carbocycles. The standard InChI is InChI=1S/C23H34N4O4/c1-15(2)18(28)25-11-8-23(9-12-25)20(30)27(21(31)24-23)16-5-3-10-26(14-16)19(29)17-13-22(17)6-4-7-22/h15-17H,3-14H2,1-2H3,(H,24,31)/t16-,17+/m1/s1. The van der Waals surface area contributed by atoms with Gasteiger partial charge in [0.15, 0.2) is 0 Å². The van der Waals surface area contributed by atoms with Gasteiger partial charge in [0.05, 0.1) is 6.04 Å². The maximum Gasteiger partial charge on any atom is 0.325 e. The molecule has 0 radical (unpaired) electrons. The van der Waals surface area contributed by atoms with Gasteiger partial charge in [0.1, 0.15) is 5.54 Å². The molecule has 2 atom stereocenters. The number of carbonyl (C=O) groups is 4. The van der Waals surface area contributed by atoms with Crippen LogP contribution in [-0.4, -0.2) is 76.2 Å². The third kappa shape index (κ3) is 3.24. The van der Waals surface area contributed by atoms with Crippen LogP contribution < -0.4 is 5.32 Å². The third-order valence-electron chi connectivity index (χ3n) is 8.53. The number of rotatable bonds is 3. The summed E-state index contributed by atoms with van der Waals surface area (Å²) in [5.74, 6) is 0.240. The average molecular weight is 431 g/mol. The fourth-order valence-corrected chi connectivity index (χ4v) is 6.25. The third-order valence-corrected chi connectivity index (χ3v) is 8.53. The van der Waals surface area contributed by atoms with E-state index in [4.69, 9.17) is 0 Å². The SMILES string of the molecule is CC(C)C(=O)N1CCC2(CC1)NC(=O)N([C@@H]1CCCN(C(=O)[C@@H]3CC34CCC4)C1)C2=O. The minimum Gasteiger partial charge on any atom is -0.342 e. The largest absolute Gasteiger partial charge is 0.342 e. The monoisotopic (exact) mass is 430 g/mol. The van der Waals surface area contributed by atoms with Crippen LogP contribution >= 0.6 is 0 Å². The highest BCUT2D eigenvalue weighted by Gasteiger charge is 2.62. The number of likely N-dealkylation sites (tertiary alicyclic amines) is 2. The van der Waals surface area contributed by atoms with E-state index in [1.54, 1.807) is 4.90 Å². The van der Waals surface area contributed by atoms with Gasteiger partial charge in [-0.3, -0.25) is 19.3 Å². The first-order chi connectivity index (χ1) is 14.8. The van der Waals surface area contributed by atoms with Crippen molar-refractivity contribution in [3.05, 3.63) is 0 Å². The van der Waals surface area contributed by atoms with Gasteiger partial charge in [-0.25, -0.2) is 4.79 Å². The van der Waals surface area contributed by atoms with E-state index in [0.29, 0.717) is 32.5 Å². The second kappa shape index (κ2) is 7.20. The summed E-state index contributed by atoms with van der Waals surface area (Å²) in [4.78, 5) is 56.7. The molecule has 3 heterocycles. The lowest BCUT2D eigenvalue weighted by atomic mass is 9.79. The van der Waals surface area contributed by atoms with E-state index in [2.05, 4.69) is 5.32 Å². The summed E-state index contributed by atoms with van der Waals surface area (Å²) in [6.07, 6.45) is 7.06. The first kappa shape index (κ1) is 20.8. The maximum absolute atomic E-state index is 13.4. The molecule has 8 nitrogen and oxygen atoms in total. The van der Waals surface area contributed by atoms with E-state index in [1.165, 1.54) is 24.2 Å². The molecule has 5 aliphatic rings. The van der Waals surface area contributed by atoms with Gasteiger partial charge in [-0.1, -0.05) is 20.3 Å². The molecule has 0 aromatic carbocycles. The Kier molecular flexibility index (Phi) is 4.83. The Hall–Kier alpha value is -2.12. The highest BCUT2D eigenvalue weighted by molar-refractivity contribution is 6.07. The zero-order valence-electron chi connectivity index (χ0n) is 18.7. The Morgan fingerprint density at radius 3 is 2.29 bits per heavy atom. The average Bonchev–Trinajstić information content (AvgIpc) is 3.45. The van der Waals surface area contributed by atoms with Gasteiger partial charge < -0.3 is 15.1 Å². The molecular weight excluding hydrogens is 396 g/mol. The fraction of sp³-hybridized carbons (Fsp3) is 0.826. The van der Waals surface area contributed by atoms with Crippen LogP contribution in [-0.2, 0) is 14.4 Å². The molecule has 0 unspecified atom stereocenters. The van der Waals surface area contributed by atoms with Gasteiger partial charge in [-0.2, -0.15) is 0 Å². The van der Waals surface area contributed by atoms with Gasteiger partial charge in [0.25, 0.3) is 5.91 Å².